The van der Waals surface area contributed by atoms with Gasteiger partial charge < -0.3 is 20.9 Å². The number of H-pyrrole nitrogens is 1. The van der Waals surface area contributed by atoms with E-state index in [9.17, 15) is 4.79 Å². The minimum Gasteiger partial charge on any atom is -0.368 e. The van der Waals surface area contributed by atoms with Gasteiger partial charge in [0.1, 0.15) is 17.0 Å². The summed E-state index contributed by atoms with van der Waals surface area (Å²) < 4.78 is 0. The molecule has 0 radical (unpaired) electrons. The van der Waals surface area contributed by atoms with Gasteiger partial charge in [0.05, 0.1) is 6.20 Å². The van der Waals surface area contributed by atoms with E-state index in [4.69, 9.17) is 0 Å². The number of carbonyl (C=O) groups is 1. The molecule has 1 atom stereocenters. The molecule has 0 bridgehead atoms. The molecule has 3 heterocycles. The summed E-state index contributed by atoms with van der Waals surface area (Å²) in [5.41, 5.74) is 2.36. The quantitative estimate of drug-likeness (QED) is 0.231. The van der Waals surface area contributed by atoms with E-state index in [0.717, 1.165) is 42.1 Å². The predicted octanol–water partition coefficient (Wildman–Crippen LogP) is 4.47. The van der Waals surface area contributed by atoms with E-state index in [0.29, 0.717) is 18.0 Å². The first-order chi connectivity index (χ1) is 16.2. The molecule has 1 unspecified atom stereocenters. The second kappa shape index (κ2) is 11.4. The Balaban J connectivity index is 1.31. The minimum absolute atomic E-state index is 0.0689. The van der Waals surface area contributed by atoms with Gasteiger partial charge in [-0.15, -0.1) is 0 Å². The van der Waals surface area contributed by atoms with Crippen LogP contribution in [0.25, 0.3) is 10.9 Å². The molecule has 0 aliphatic carbocycles. The van der Waals surface area contributed by atoms with Gasteiger partial charge in [0.2, 0.25) is 0 Å². The first-order valence-electron chi connectivity index (χ1n) is 11.3. The average molecular weight is 464 g/mol. The lowest BCUT2D eigenvalue weighted by Crippen LogP contribution is -2.36. The highest BCUT2D eigenvalue weighted by atomic mass is 32.1. The van der Waals surface area contributed by atoms with Crippen molar-refractivity contribution >= 4 is 39.1 Å². The molecule has 3 aromatic heterocycles. The molecule has 33 heavy (non-hydrogen) atoms. The van der Waals surface area contributed by atoms with E-state index in [1.165, 1.54) is 28.6 Å². The zero-order valence-corrected chi connectivity index (χ0v) is 19.5. The number of aromatic amines is 1. The fourth-order valence-electron chi connectivity index (χ4n) is 3.71. The maximum absolute atomic E-state index is 12.9. The Kier molecular flexibility index (Phi) is 7.86. The third kappa shape index (κ3) is 6.29. The number of hydrogen-bond acceptors (Lipinski definition) is 7. The molecule has 4 aromatic rings. The maximum atomic E-state index is 12.9. The van der Waals surface area contributed by atoms with Gasteiger partial charge in [0.15, 0.2) is 5.13 Å². The molecule has 9 heteroatoms. The van der Waals surface area contributed by atoms with Crippen LogP contribution in [0, 0.1) is 0 Å². The Morgan fingerprint density at radius 3 is 2.88 bits per heavy atom. The molecule has 0 spiro atoms. The number of nitrogens with zero attached hydrogens (tertiary/aromatic N) is 3. The minimum atomic E-state index is -0.0689. The number of nitrogens with one attached hydrogen (secondary N) is 4. The van der Waals surface area contributed by atoms with Crippen LogP contribution in [0.4, 0.5) is 10.9 Å². The highest BCUT2D eigenvalue weighted by Crippen LogP contribution is 2.22. The van der Waals surface area contributed by atoms with Gasteiger partial charge in [-0.3, -0.25) is 4.79 Å². The average Bonchev–Trinajstić information content (AvgIpc) is 3.48. The van der Waals surface area contributed by atoms with Crippen molar-refractivity contribution in [1.82, 2.24) is 25.3 Å². The third-order valence-electron chi connectivity index (χ3n) is 5.40. The molecule has 172 valence electrons. The van der Waals surface area contributed by atoms with Gasteiger partial charge in [-0.05, 0) is 30.5 Å². The topological polar surface area (TPSA) is 108 Å². The van der Waals surface area contributed by atoms with E-state index >= 15 is 0 Å². The number of para-hydroxylation sites is 1. The number of thiazole rings is 1. The van der Waals surface area contributed by atoms with Crippen LogP contribution >= 0.6 is 11.3 Å². The molecule has 0 aliphatic rings. The zero-order chi connectivity index (χ0) is 22.9. The number of aromatic nitrogens is 4. The van der Waals surface area contributed by atoms with Gasteiger partial charge in [0.25, 0.3) is 5.91 Å². The molecule has 0 aliphatic heterocycles. The highest BCUT2D eigenvalue weighted by Gasteiger charge is 2.18. The second-order valence-electron chi connectivity index (χ2n) is 7.85. The van der Waals surface area contributed by atoms with Crippen molar-refractivity contribution in [3.05, 3.63) is 65.7 Å². The second-order valence-corrected chi connectivity index (χ2v) is 8.88. The van der Waals surface area contributed by atoms with Crippen LogP contribution in [-0.2, 0) is 6.42 Å². The number of rotatable bonds is 12. The molecule has 0 saturated carbocycles. The number of benzene rings is 1. The summed E-state index contributed by atoms with van der Waals surface area (Å²) in [6, 6.07) is 10.2. The molecule has 4 rings (SSSR count). The van der Waals surface area contributed by atoms with Crippen molar-refractivity contribution in [2.75, 3.05) is 23.7 Å². The summed E-state index contributed by atoms with van der Waals surface area (Å²) >= 11 is 1.37. The number of fused-ring (bicyclic) bond motifs is 1. The Morgan fingerprint density at radius 1 is 1.15 bits per heavy atom. The highest BCUT2D eigenvalue weighted by molar-refractivity contribution is 7.17. The normalized spacial score (nSPS) is 11.9. The first-order valence-corrected chi connectivity index (χ1v) is 12.1. The van der Waals surface area contributed by atoms with Crippen LogP contribution < -0.4 is 16.0 Å². The first kappa shape index (κ1) is 22.7. The van der Waals surface area contributed by atoms with Crippen molar-refractivity contribution in [2.45, 2.75) is 38.6 Å². The van der Waals surface area contributed by atoms with Crippen LogP contribution in [-0.4, -0.2) is 45.0 Å². The monoisotopic (exact) mass is 463 g/mol. The molecule has 0 saturated heterocycles. The van der Waals surface area contributed by atoms with Gasteiger partial charge in [0, 0.05) is 42.4 Å². The molecular weight excluding hydrogens is 434 g/mol. The summed E-state index contributed by atoms with van der Waals surface area (Å²) in [5, 5.41) is 11.6. The molecule has 4 N–H and O–H groups in total. The van der Waals surface area contributed by atoms with Gasteiger partial charge in [-0.2, -0.15) is 0 Å². The summed E-state index contributed by atoms with van der Waals surface area (Å²) in [6.07, 6.45) is 10.8. The number of anilines is 2. The van der Waals surface area contributed by atoms with Crippen LogP contribution in [0.5, 0.6) is 0 Å². The van der Waals surface area contributed by atoms with Crippen molar-refractivity contribution in [3.63, 3.8) is 0 Å². The molecule has 8 nitrogen and oxygen atoms in total. The molecule has 1 amide bonds. The summed E-state index contributed by atoms with van der Waals surface area (Å²) in [5.74, 6) is 0.708. The van der Waals surface area contributed by atoms with Crippen molar-refractivity contribution in [2.24, 2.45) is 0 Å². The van der Waals surface area contributed by atoms with E-state index in [2.05, 4.69) is 61.1 Å². The number of hydrogen-bond donors (Lipinski definition) is 4. The maximum Gasteiger partial charge on any atom is 0.263 e. The standard InChI is InChI=1S/C24H29N7OS/c1-2-3-6-18(13-17-14-28-20-8-5-4-7-19(17)20)31-23(32)21-15-29-24(33-21)27-12-11-26-22-9-10-25-16-30-22/h4-5,7-10,14-16,18,28H,2-3,6,11-13H2,1H3,(H,27,29)(H,31,32)(H,25,26,30). The van der Waals surface area contributed by atoms with Gasteiger partial charge in [-0.25, -0.2) is 15.0 Å². The Hall–Kier alpha value is -3.46. The van der Waals surface area contributed by atoms with E-state index < -0.39 is 0 Å². The predicted molar refractivity (Wildman–Crippen MR) is 134 cm³/mol. The summed E-state index contributed by atoms with van der Waals surface area (Å²) in [6.45, 7) is 3.52. The van der Waals surface area contributed by atoms with Gasteiger partial charge in [-0.1, -0.05) is 49.3 Å². The fraction of sp³-hybridized carbons (Fsp3) is 0.333. The molecular formula is C24H29N7OS. The van der Waals surface area contributed by atoms with Crippen LogP contribution in [0.3, 0.4) is 0 Å². The summed E-state index contributed by atoms with van der Waals surface area (Å²) in [7, 11) is 0. The molecule has 0 fully saturated rings. The lowest BCUT2D eigenvalue weighted by atomic mass is 10.0. The van der Waals surface area contributed by atoms with E-state index in [1.807, 2.05) is 18.2 Å². The smallest absolute Gasteiger partial charge is 0.263 e. The van der Waals surface area contributed by atoms with E-state index in [1.54, 1.807) is 12.4 Å². The zero-order valence-electron chi connectivity index (χ0n) is 18.7. The third-order valence-corrected chi connectivity index (χ3v) is 6.36. The largest absolute Gasteiger partial charge is 0.368 e. The van der Waals surface area contributed by atoms with Crippen LogP contribution in [0.2, 0.25) is 0 Å². The number of amides is 1. The summed E-state index contributed by atoms with van der Waals surface area (Å²) in [4.78, 5) is 29.3. The van der Waals surface area contributed by atoms with Crippen molar-refractivity contribution in [1.29, 1.82) is 0 Å². The lowest BCUT2D eigenvalue weighted by Gasteiger charge is -2.18. The van der Waals surface area contributed by atoms with Crippen molar-refractivity contribution < 1.29 is 4.79 Å². The van der Waals surface area contributed by atoms with Gasteiger partial charge >= 0.3 is 0 Å². The number of unbranched alkanes of at least 4 members (excludes halogenated alkanes) is 1. The van der Waals surface area contributed by atoms with Crippen molar-refractivity contribution in [3.8, 4) is 0 Å². The Bertz CT molecular complexity index is 1160. The van der Waals surface area contributed by atoms with E-state index in [-0.39, 0.29) is 11.9 Å². The Morgan fingerprint density at radius 2 is 2.03 bits per heavy atom. The lowest BCUT2D eigenvalue weighted by molar-refractivity contribution is 0.0938. The molecule has 1 aromatic carbocycles. The van der Waals surface area contributed by atoms with Crippen LogP contribution in [0.15, 0.2) is 55.2 Å². The van der Waals surface area contributed by atoms with Crippen LogP contribution in [0.1, 0.15) is 41.4 Å². The Labute approximate surface area is 197 Å². The fourth-order valence-corrected chi connectivity index (χ4v) is 4.46. The SMILES string of the molecule is CCCCC(Cc1c[nH]c2ccccc12)NC(=O)c1cnc(NCCNc2ccncn2)s1. The number of carbonyl (C=O) groups excluding carboxylic acids is 1.